The highest BCUT2D eigenvalue weighted by Gasteiger charge is 2.17. The Labute approximate surface area is 112 Å². The molecule has 2 N–H and O–H groups in total. The van der Waals surface area contributed by atoms with Crippen LogP contribution in [0.15, 0.2) is 16.9 Å². The van der Waals surface area contributed by atoms with Crippen LogP contribution in [0.2, 0.25) is 0 Å². The Morgan fingerprint density at radius 3 is 2.78 bits per heavy atom. The highest BCUT2D eigenvalue weighted by Crippen LogP contribution is 2.17. The van der Waals surface area contributed by atoms with Crippen molar-refractivity contribution in [1.82, 2.24) is 4.57 Å². The normalized spacial score (nSPS) is 16.7. The Hall–Kier alpha value is -1.20. The second-order valence-corrected chi connectivity index (χ2v) is 5.16. The molecule has 5 heteroatoms. The highest BCUT2D eigenvalue weighted by atomic mass is 32.1. The molecule has 0 radical (unpaired) electrons. The lowest BCUT2D eigenvalue weighted by molar-refractivity contribution is 0.0607. The SMILES string of the molecule is Cc1ccc(C(N)=S)c(=O)n1CC1CCOCC1. The van der Waals surface area contributed by atoms with Crippen LogP contribution in [0.3, 0.4) is 0 Å². The number of hydrogen-bond donors (Lipinski definition) is 1. The van der Waals surface area contributed by atoms with Crippen molar-refractivity contribution in [2.24, 2.45) is 11.7 Å². The first-order valence-corrected chi connectivity index (χ1v) is 6.58. The van der Waals surface area contributed by atoms with Gasteiger partial charge >= 0.3 is 0 Å². The van der Waals surface area contributed by atoms with E-state index in [0.717, 1.165) is 38.3 Å². The zero-order valence-corrected chi connectivity index (χ0v) is 11.3. The van der Waals surface area contributed by atoms with Crippen LogP contribution in [0.1, 0.15) is 24.1 Å². The van der Waals surface area contributed by atoms with Gasteiger partial charge in [0.25, 0.3) is 5.56 Å². The summed E-state index contributed by atoms with van der Waals surface area (Å²) in [6, 6.07) is 3.61. The van der Waals surface area contributed by atoms with Crippen molar-refractivity contribution in [3.63, 3.8) is 0 Å². The topological polar surface area (TPSA) is 57.2 Å². The quantitative estimate of drug-likeness (QED) is 0.836. The average molecular weight is 266 g/mol. The monoisotopic (exact) mass is 266 g/mol. The molecule has 0 spiro atoms. The summed E-state index contributed by atoms with van der Waals surface area (Å²) in [5.41, 5.74) is 6.87. The fourth-order valence-electron chi connectivity index (χ4n) is 2.27. The molecule has 1 aliphatic heterocycles. The maximum atomic E-state index is 12.3. The van der Waals surface area contributed by atoms with Crippen LogP contribution in [0, 0.1) is 12.8 Å². The first kappa shape index (κ1) is 13.2. The van der Waals surface area contributed by atoms with E-state index < -0.39 is 0 Å². The van der Waals surface area contributed by atoms with Gasteiger partial charge in [0, 0.05) is 25.5 Å². The van der Waals surface area contributed by atoms with Gasteiger partial charge in [-0.25, -0.2) is 0 Å². The van der Waals surface area contributed by atoms with Crippen molar-refractivity contribution >= 4 is 17.2 Å². The Kier molecular flexibility index (Phi) is 4.14. The van der Waals surface area contributed by atoms with Gasteiger partial charge in [-0.1, -0.05) is 12.2 Å². The number of ether oxygens (including phenoxy) is 1. The summed E-state index contributed by atoms with van der Waals surface area (Å²) < 4.78 is 7.11. The minimum absolute atomic E-state index is 0.0750. The summed E-state index contributed by atoms with van der Waals surface area (Å²) in [4.78, 5) is 12.4. The standard InChI is InChI=1S/C13H18N2O2S/c1-9-2-3-11(12(14)18)13(16)15(9)8-10-4-6-17-7-5-10/h2-3,10H,4-8H2,1H3,(H2,14,18). The smallest absolute Gasteiger partial charge is 0.260 e. The van der Waals surface area contributed by atoms with Gasteiger partial charge < -0.3 is 15.0 Å². The molecule has 1 aromatic heterocycles. The summed E-state index contributed by atoms with van der Waals surface area (Å²) in [6.45, 7) is 4.23. The molecule has 0 aromatic carbocycles. The summed E-state index contributed by atoms with van der Waals surface area (Å²) >= 11 is 4.90. The van der Waals surface area contributed by atoms with Gasteiger partial charge in [0.2, 0.25) is 0 Å². The second kappa shape index (κ2) is 5.63. The van der Waals surface area contributed by atoms with E-state index in [1.54, 1.807) is 10.6 Å². The molecule has 0 amide bonds. The summed E-state index contributed by atoms with van der Waals surface area (Å²) in [7, 11) is 0. The summed E-state index contributed by atoms with van der Waals surface area (Å²) in [6.07, 6.45) is 2.01. The third-order valence-corrected chi connectivity index (χ3v) is 3.66. The number of rotatable bonds is 3. The van der Waals surface area contributed by atoms with Crippen molar-refractivity contribution in [3.8, 4) is 0 Å². The average Bonchev–Trinajstić information content (AvgIpc) is 2.35. The number of aromatic nitrogens is 1. The predicted molar refractivity (Wildman–Crippen MR) is 74.9 cm³/mol. The predicted octanol–water partition coefficient (Wildman–Crippen LogP) is 1.22. The molecule has 4 nitrogen and oxygen atoms in total. The largest absolute Gasteiger partial charge is 0.389 e. The molecule has 98 valence electrons. The van der Waals surface area contributed by atoms with Gasteiger partial charge in [0.1, 0.15) is 4.99 Å². The highest BCUT2D eigenvalue weighted by molar-refractivity contribution is 7.80. The van der Waals surface area contributed by atoms with E-state index in [-0.39, 0.29) is 10.5 Å². The van der Waals surface area contributed by atoms with Crippen molar-refractivity contribution in [1.29, 1.82) is 0 Å². The third-order valence-electron chi connectivity index (χ3n) is 3.44. The van der Waals surface area contributed by atoms with Crippen LogP contribution in [0.4, 0.5) is 0 Å². The van der Waals surface area contributed by atoms with Gasteiger partial charge in [-0.2, -0.15) is 0 Å². The van der Waals surface area contributed by atoms with E-state index in [1.807, 2.05) is 13.0 Å². The van der Waals surface area contributed by atoms with E-state index in [1.165, 1.54) is 0 Å². The summed E-state index contributed by atoms with van der Waals surface area (Å²) in [5, 5.41) is 0. The second-order valence-electron chi connectivity index (χ2n) is 4.72. The van der Waals surface area contributed by atoms with Crippen LogP contribution in [0.25, 0.3) is 0 Å². The fraction of sp³-hybridized carbons (Fsp3) is 0.538. The molecule has 1 aromatic rings. The maximum Gasteiger partial charge on any atom is 0.260 e. The molecular weight excluding hydrogens is 248 g/mol. The Morgan fingerprint density at radius 1 is 1.50 bits per heavy atom. The lowest BCUT2D eigenvalue weighted by Gasteiger charge is -2.24. The first-order chi connectivity index (χ1) is 8.59. The number of thiocarbonyl (C=S) groups is 1. The molecule has 2 rings (SSSR count). The lowest BCUT2D eigenvalue weighted by Crippen LogP contribution is -2.33. The van der Waals surface area contributed by atoms with Crippen molar-refractivity contribution in [2.45, 2.75) is 26.3 Å². The van der Waals surface area contributed by atoms with Crippen LogP contribution < -0.4 is 11.3 Å². The van der Waals surface area contributed by atoms with Gasteiger partial charge in [0.05, 0.1) is 5.56 Å². The minimum atomic E-state index is -0.0750. The van der Waals surface area contributed by atoms with Gasteiger partial charge in [-0.05, 0) is 37.8 Å². The van der Waals surface area contributed by atoms with Gasteiger partial charge in [-0.15, -0.1) is 0 Å². The number of hydrogen-bond acceptors (Lipinski definition) is 3. The molecule has 1 saturated heterocycles. The van der Waals surface area contributed by atoms with Crippen LogP contribution in [-0.2, 0) is 11.3 Å². The van der Waals surface area contributed by atoms with Crippen molar-refractivity contribution < 1.29 is 4.74 Å². The van der Waals surface area contributed by atoms with Crippen molar-refractivity contribution in [2.75, 3.05) is 13.2 Å². The Bertz CT molecular complexity index is 504. The zero-order valence-electron chi connectivity index (χ0n) is 10.5. The molecule has 0 unspecified atom stereocenters. The third kappa shape index (κ3) is 2.79. The molecule has 0 aliphatic carbocycles. The van der Waals surface area contributed by atoms with E-state index >= 15 is 0 Å². The number of aryl methyl sites for hydroxylation is 1. The van der Waals surface area contributed by atoms with Crippen LogP contribution >= 0.6 is 12.2 Å². The van der Waals surface area contributed by atoms with E-state index in [0.29, 0.717) is 11.5 Å². The molecule has 18 heavy (non-hydrogen) atoms. The molecule has 0 bridgehead atoms. The van der Waals surface area contributed by atoms with Crippen LogP contribution in [-0.4, -0.2) is 22.8 Å². The van der Waals surface area contributed by atoms with Gasteiger partial charge in [0.15, 0.2) is 0 Å². The van der Waals surface area contributed by atoms with Crippen molar-refractivity contribution in [3.05, 3.63) is 33.7 Å². The molecule has 1 aliphatic rings. The first-order valence-electron chi connectivity index (χ1n) is 6.17. The lowest BCUT2D eigenvalue weighted by atomic mass is 10.00. The molecular formula is C13H18N2O2S. The zero-order chi connectivity index (χ0) is 13.1. The van der Waals surface area contributed by atoms with Crippen LogP contribution in [0.5, 0.6) is 0 Å². The van der Waals surface area contributed by atoms with Gasteiger partial charge in [-0.3, -0.25) is 4.79 Å². The Balaban J connectivity index is 2.28. The molecule has 0 atom stereocenters. The number of nitrogens with zero attached hydrogens (tertiary/aromatic N) is 1. The Morgan fingerprint density at radius 2 is 2.17 bits per heavy atom. The van der Waals surface area contributed by atoms with E-state index in [2.05, 4.69) is 0 Å². The summed E-state index contributed by atoms with van der Waals surface area (Å²) in [5.74, 6) is 0.497. The molecule has 2 heterocycles. The number of nitrogens with two attached hydrogens (primary N) is 1. The fourth-order valence-corrected chi connectivity index (χ4v) is 2.43. The maximum absolute atomic E-state index is 12.3. The number of pyridine rings is 1. The minimum Gasteiger partial charge on any atom is -0.389 e. The molecule has 0 saturated carbocycles. The van der Waals surface area contributed by atoms with E-state index in [9.17, 15) is 4.79 Å². The van der Waals surface area contributed by atoms with E-state index in [4.69, 9.17) is 22.7 Å². The molecule has 1 fully saturated rings.